The van der Waals surface area contributed by atoms with Crippen molar-refractivity contribution in [2.45, 2.75) is 18.9 Å². The van der Waals surface area contributed by atoms with Gasteiger partial charge < -0.3 is 10.5 Å². The predicted octanol–water partition coefficient (Wildman–Crippen LogP) is 2.95. The van der Waals surface area contributed by atoms with E-state index in [0.717, 1.165) is 25.6 Å². The lowest BCUT2D eigenvalue weighted by atomic mass is 9.98. The Balaban J connectivity index is 0.00000161. The minimum Gasteiger partial charge on any atom is -0.491 e. The molecule has 1 aliphatic heterocycles. The maximum atomic E-state index is 12.9. The van der Waals surface area contributed by atoms with Crippen LogP contribution in [0.2, 0.25) is 5.02 Å². The van der Waals surface area contributed by atoms with E-state index in [0.29, 0.717) is 29.3 Å². The lowest BCUT2D eigenvalue weighted by Gasteiger charge is -2.18. The number of likely N-dealkylation sites (tertiary alicyclic amines) is 1. The van der Waals surface area contributed by atoms with E-state index in [1.807, 2.05) is 0 Å². The molecule has 3 unspecified atom stereocenters. The number of benzene rings is 1. The molecule has 1 saturated heterocycles. The molecule has 0 amide bonds. The highest BCUT2D eigenvalue weighted by molar-refractivity contribution is 6.32. The molecule has 1 saturated carbocycles. The van der Waals surface area contributed by atoms with E-state index in [1.54, 1.807) is 6.07 Å². The number of halogens is 3. The van der Waals surface area contributed by atoms with Gasteiger partial charge in [0.25, 0.3) is 0 Å². The van der Waals surface area contributed by atoms with Crippen molar-refractivity contribution in [3.8, 4) is 5.75 Å². The Hall–Kier alpha value is -0.550. The standard InChI is InChI=1S/C15H20ClFN2O.ClH/c16-13-7-11(17)2-4-15(13)20-6-5-19-8-10-1-3-14(18)12(10)9-19;/h2,4,7,10,12,14H,1,3,5-6,8-9,18H2;1H. The highest BCUT2D eigenvalue weighted by Gasteiger charge is 2.40. The van der Waals surface area contributed by atoms with Crippen LogP contribution in [0.4, 0.5) is 4.39 Å². The molecule has 21 heavy (non-hydrogen) atoms. The van der Waals surface area contributed by atoms with Gasteiger partial charge in [0.2, 0.25) is 0 Å². The number of nitrogens with two attached hydrogens (primary N) is 1. The lowest BCUT2D eigenvalue weighted by Crippen LogP contribution is -2.32. The minimum atomic E-state index is -0.344. The molecular weight excluding hydrogens is 314 g/mol. The van der Waals surface area contributed by atoms with E-state index in [4.69, 9.17) is 22.1 Å². The van der Waals surface area contributed by atoms with E-state index in [-0.39, 0.29) is 18.2 Å². The first-order valence-electron chi connectivity index (χ1n) is 7.19. The van der Waals surface area contributed by atoms with Gasteiger partial charge in [-0.15, -0.1) is 12.4 Å². The Morgan fingerprint density at radius 1 is 1.33 bits per heavy atom. The van der Waals surface area contributed by atoms with Crippen molar-refractivity contribution in [3.63, 3.8) is 0 Å². The summed E-state index contributed by atoms with van der Waals surface area (Å²) in [7, 11) is 0. The summed E-state index contributed by atoms with van der Waals surface area (Å²) < 4.78 is 18.6. The summed E-state index contributed by atoms with van der Waals surface area (Å²) in [6.07, 6.45) is 2.43. The molecule has 0 aromatic heterocycles. The Morgan fingerprint density at radius 2 is 2.14 bits per heavy atom. The Bertz CT molecular complexity index is 489. The van der Waals surface area contributed by atoms with Crippen molar-refractivity contribution in [2.24, 2.45) is 17.6 Å². The van der Waals surface area contributed by atoms with Crippen molar-refractivity contribution < 1.29 is 9.13 Å². The van der Waals surface area contributed by atoms with Crippen LogP contribution in [-0.2, 0) is 0 Å². The molecule has 118 valence electrons. The average molecular weight is 335 g/mol. The molecular formula is C15H21Cl2FN2O. The smallest absolute Gasteiger partial charge is 0.138 e. The number of fused-ring (bicyclic) bond motifs is 1. The van der Waals surface area contributed by atoms with Gasteiger partial charge in [0.1, 0.15) is 18.2 Å². The zero-order valence-electron chi connectivity index (χ0n) is 11.8. The summed E-state index contributed by atoms with van der Waals surface area (Å²) in [4.78, 5) is 2.41. The third-order valence-corrected chi connectivity index (χ3v) is 4.84. The lowest BCUT2D eigenvalue weighted by molar-refractivity contribution is 0.225. The van der Waals surface area contributed by atoms with Gasteiger partial charge in [-0.25, -0.2) is 4.39 Å². The normalized spacial score (nSPS) is 28.2. The first-order valence-corrected chi connectivity index (χ1v) is 7.57. The Labute approximate surface area is 136 Å². The third-order valence-electron chi connectivity index (χ3n) is 4.55. The number of rotatable bonds is 4. The van der Waals surface area contributed by atoms with E-state index >= 15 is 0 Å². The zero-order valence-corrected chi connectivity index (χ0v) is 13.4. The van der Waals surface area contributed by atoms with Crippen LogP contribution in [0.3, 0.4) is 0 Å². The summed E-state index contributed by atoms with van der Waals surface area (Å²) in [5, 5.41) is 0.324. The van der Waals surface area contributed by atoms with E-state index in [1.165, 1.54) is 25.0 Å². The van der Waals surface area contributed by atoms with Crippen LogP contribution in [0.25, 0.3) is 0 Å². The fourth-order valence-corrected chi connectivity index (χ4v) is 3.68. The molecule has 3 rings (SSSR count). The topological polar surface area (TPSA) is 38.5 Å². The molecule has 6 heteroatoms. The Morgan fingerprint density at radius 3 is 2.86 bits per heavy atom. The molecule has 0 spiro atoms. The van der Waals surface area contributed by atoms with Crippen LogP contribution in [0.5, 0.6) is 5.75 Å². The molecule has 2 aliphatic rings. The summed E-state index contributed by atoms with van der Waals surface area (Å²) in [6.45, 7) is 3.64. The second-order valence-corrected chi connectivity index (χ2v) is 6.26. The van der Waals surface area contributed by atoms with Crippen molar-refractivity contribution in [3.05, 3.63) is 29.0 Å². The first kappa shape index (κ1) is 16.8. The largest absolute Gasteiger partial charge is 0.491 e. The quantitative estimate of drug-likeness (QED) is 0.919. The van der Waals surface area contributed by atoms with Gasteiger partial charge in [0.05, 0.1) is 5.02 Å². The molecule has 1 heterocycles. The van der Waals surface area contributed by atoms with Crippen molar-refractivity contribution in [2.75, 3.05) is 26.2 Å². The van der Waals surface area contributed by atoms with E-state index in [2.05, 4.69) is 4.90 Å². The van der Waals surface area contributed by atoms with Crippen LogP contribution in [0.15, 0.2) is 18.2 Å². The van der Waals surface area contributed by atoms with Crippen molar-refractivity contribution in [1.82, 2.24) is 4.90 Å². The van der Waals surface area contributed by atoms with Gasteiger partial charge in [0.15, 0.2) is 0 Å². The van der Waals surface area contributed by atoms with Crippen molar-refractivity contribution >= 4 is 24.0 Å². The Kier molecular flexibility index (Phi) is 5.72. The second kappa shape index (κ2) is 7.14. The van der Waals surface area contributed by atoms with Gasteiger partial charge in [-0.1, -0.05) is 11.6 Å². The van der Waals surface area contributed by atoms with Crippen LogP contribution in [0.1, 0.15) is 12.8 Å². The summed E-state index contributed by atoms with van der Waals surface area (Å²) >= 11 is 5.93. The first-order chi connectivity index (χ1) is 9.63. The third kappa shape index (κ3) is 3.81. The maximum Gasteiger partial charge on any atom is 0.138 e. The summed E-state index contributed by atoms with van der Waals surface area (Å²) in [5.41, 5.74) is 6.12. The fourth-order valence-electron chi connectivity index (χ4n) is 3.46. The number of hydrogen-bond donors (Lipinski definition) is 1. The molecule has 0 radical (unpaired) electrons. The zero-order chi connectivity index (χ0) is 14.1. The van der Waals surface area contributed by atoms with Crippen LogP contribution >= 0.6 is 24.0 Å². The van der Waals surface area contributed by atoms with Crippen LogP contribution in [-0.4, -0.2) is 37.2 Å². The van der Waals surface area contributed by atoms with Crippen LogP contribution in [0, 0.1) is 17.7 Å². The molecule has 1 aromatic carbocycles. The van der Waals surface area contributed by atoms with Crippen molar-refractivity contribution in [1.29, 1.82) is 0 Å². The molecule has 2 fully saturated rings. The SMILES string of the molecule is Cl.NC1CCC2CN(CCOc3ccc(F)cc3Cl)CC12. The number of ether oxygens (including phenoxy) is 1. The van der Waals surface area contributed by atoms with E-state index in [9.17, 15) is 4.39 Å². The summed E-state index contributed by atoms with van der Waals surface area (Å²) in [5.74, 6) is 1.62. The molecule has 1 aliphatic carbocycles. The minimum absolute atomic E-state index is 0. The monoisotopic (exact) mass is 334 g/mol. The molecule has 0 bridgehead atoms. The number of hydrogen-bond acceptors (Lipinski definition) is 3. The van der Waals surface area contributed by atoms with Gasteiger partial charge in [0, 0.05) is 25.7 Å². The second-order valence-electron chi connectivity index (χ2n) is 5.85. The fraction of sp³-hybridized carbons (Fsp3) is 0.600. The number of nitrogens with zero attached hydrogens (tertiary/aromatic N) is 1. The molecule has 2 N–H and O–H groups in total. The van der Waals surface area contributed by atoms with Gasteiger partial charge >= 0.3 is 0 Å². The van der Waals surface area contributed by atoms with Gasteiger partial charge in [-0.2, -0.15) is 0 Å². The van der Waals surface area contributed by atoms with Gasteiger partial charge in [-0.3, -0.25) is 4.90 Å². The highest BCUT2D eigenvalue weighted by Crippen LogP contribution is 2.36. The summed E-state index contributed by atoms with van der Waals surface area (Å²) in [6, 6.07) is 4.58. The molecule has 1 aromatic rings. The predicted molar refractivity (Wildman–Crippen MR) is 84.8 cm³/mol. The van der Waals surface area contributed by atoms with E-state index < -0.39 is 0 Å². The molecule has 3 atom stereocenters. The maximum absolute atomic E-state index is 12.9. The molecule has 3 nitrogen and oxygen atoms in total. The highest BCUT2D eigenvalue weighted by atomic mass is 35.5. The average Bonchev–Trinajstić information content (AvgIpc) is 2.95. The van der Waals surface area contributed by atoms with Crippen LogP contribution < -0.4 is 10.5 Å². The van der Waals surface area contributed by atoms with Gasteiger partial charge in [-0.05, 0) is 42.9 Å².